The molecule has 1 amide bonds. The van der Waals surface area contributed by atoms with Crippen molar-refractivity contribution in [3.8, 4) is 11.5 Å². The molecule has 2 aromatic carbocycles. The average molecular weight is 366 g/mol. The third-order valence-electron chi connectivity index (χ3n) is 4.12. The number of para-hydroxylation sites is 2. The number of anilines is 1. The van der Waals surface area contributed by atoms with Crippen molar-refractivity contribution in [2.24, 2.45) is 0 Å². The minimum absolute atomic E-state index is 0.144. The highest BCUT2D eigenvalue weighted by molar-refractivity contribution is 6.04. The summed E-state index contributed by atoms with van der Waals surface area (Å²) >= 11 is 0. The van der Waals surface area contributed by atoms with Crippen LogP contribution in [-0.4, -0.2) is 18.2 Å². The fourth-order valence-corrected chi connectivity index (χ4v) is 2.86. The van der Waals surface area contributed by atoms with Crippen LogP contribution in [-0.2, 0) is 6.61 Å². The number of nitrogens with one attached hydrogen (secondary N) is 1. The predicted molar refractivity (Wildman–Crippen MR) is 102 cm³/mol. The Bertz CT molecular complexity index is 942. The van der Waals surface area contributed by atoms with E-state index in [4.69, 9.17) is 14.0 Å². The second kappa shape index (κ2) is 7.95. The fourth-order valence-electron chi connectivity index (χ4n) is 2.86. The highest BCUT2D eigenvalue weighted by Gasteiger charge is 2.21. The summed E-state index contributed by atoms with van der Waals surface area (Å²) in [6.07, 6.45) is 0. The zero-order valence-electron chi connectivity index (χ0n) is 15.8. The molecule has 27 heavy (non-hydrogen) atoms. The number of nitrogens with zero attached hydrogens (tertiary/aromatic N) is 1. The lowest BCUT2D eigenvalue weighted by atomic mass is 10.1. The highest BCUT2D eigenvalue weighted by Crippen LogP contribution is 2.27. The predicted octanol–water partition coefficient (Wildman–Crippen LogP) is 4.44. The van der Waals surface area contributed by atoms with Gasteiger partial charge in [-0.15, -0.1) is 0 Å². The average Bonchev–Trinajstić information content (AvgIpc) is 3.00. The van der Waals surface area contributed by atoms with Gasteiger partial charge in [0.2, 0.25) is 0 Å². The van der Waals surface area contributed by atoms with Gasteiger partial charge in [0.25, 0.3) is 5.91 Å². The number of aryl methyl sites for hydroxylation is 3. The lowest BCUT2D eigenvalue weighted by molar-refractivity contribution is 0.101. The van der Waals surface area contributed by atoms with Crippen LogP contribution in [0.2, 0.25) is 0 Å². The van der Waals surface area contributed by atoms with Crippen molar-refractivity contribution in [3.05, 3.63) is 70.6 Å². The van der Waals surface area contributed by atoms with E-state index in [-0.39, 0.29) is 18.2 Å². The van der Waals surface area contributed by atoms with E-state index < -0.39 is 0 Å². The fraction of sp³-hybridized carbons (Fsp3) is 0.238. The molecule has 3 aromatic rings. The summed E-state index contributed by atoms with van der Waals surface area (Å²) in [4.78, 5) is 12.7. The van der Waals surface area contributed by atoms with Gasteiger partial charge in [0.1, 0.15) is 12.4 Å². The van der Waals surface area contributed by atoms with Crippen LogP contribution < -0.4 is 14.8 Å². The van der Waals surface area contributed by atoms with E-state index in [1.54, 1.807) is 20.1 Å². The first-order valence-corrected chi connectivity index (χ1v) is 8.58. The van der Waals surface area contributed by atoms with Gasteiger partial charge >= 0.3 is 0 Å². The van der Waals surface area contributed by atoms with Crippen molar-refractivity contribution < 1.29 is 18.8 Å². The van der Waals surface area contributed by atoms with Gasteiger partial charge in [-0.2, -0.15) is 0 Å². The van der Waals surface area contributed by atoms with Gasteiger partial charge in [0.15, 0.2) is 17.2 Å². The Balaban J connectivity index is 1.78. The van der Waals surface area contributed by atoms with E-state index in [0.29, 0.717) is 22.8 Å². The summed E-state index contributed by atoms with van der Waals surface area (Å²) in [6, 6.07) is 13.2. The maximum atomic E-state index is 12.7. The van der Waals surface area contributed by atoms with Crippen LogP contribution in [0.5, 0.6) is 11.5 Å². The molecule has 0 unspecified atom stereocenters. The quantitative estimate of drug-likeness (QED) is 0.698. The molecule has 140 valence electrons. The molecule has 1 N–H and O–H groups in total. The number of benzene rings is 2. The number of hydrogen-bond acceptors (Lipinski definition) is 5. The normalized spacial score (nSPS) is 10.5. The van der Waals surface area contributed by atoms with Crippen molar-refractivity contribution in [1.29, 1.82) is 0 Å². The van der Waals surface area contributed by atoms with Crippen molar-refractivity contribution in [2.45, 2.75) is 27.4 Å². The first-order valence-electron chi connectivity index (χ1n) is 8.58. The molecule has 0 fully saturated rings. The van der Waals surface area contributed by atoms with Crippen molar-refractivity contribution in [3.63, 3.8) is 0 Å². The van der Waals surface area contributed by atoms with Gasteiger partial charge in [-0.25, -0.2) is 0 Å². The number of methoxy groups -OCH3 is 1. The van der Waals surface area contributed by atoms with Crippen molar-refractivity contribution in [2.75, 3.05) is 12.4 Å². The summed E-state index contributed by atoms with van der Waals surface area (Å²) in [5, 5.41) is 6.79. The molecule has 0 saturated carbocycles. The zero-order valence-corrected chi connectivity index (χ0v) is 15.8. The number of aromatic nitrogens is 1. The molecule has 1 aromatic heterocycles. The van der Waals surface area contributed by atoms with E-state index >= 15 is 0 Å². The van der Waals surface area contributed by atoms with Gasteiger partial charge in [-0.05, 0) is 56.2 Å². The molecule has 0 aliphatic heterocycles. The third-order valence-corrected chi connectivity index (χ3v) is 4.12. The smallest absolute Gasteiger partial charge is 0.278 e. The first-order chi connectivity index (χ1) is 13.0. The third kappa shape index (κ3) is 4.28. The molecule has 6 nitrogen and oxygen atoms in total. The maximum Gasteiger partial charge on any atom is 0.278 e. The number of amides is 1. The van der Waals surface area contributed by atoms with Crippen molar-refractivity contribution in [1.82, 2.24) is 5.16 Å². The summed E-state index contributed by atoms with van der Waals surface area (Å²) in [6.45, 7) is 5.86. The number of hydrogen-bond donors (Lipinski definition) is 1. The molecule has 0 spiro atoms. The Hall–Kier alpha value is -3.28. The molecule has 1 heterocycles. The standard InChI is InChI=1S/C21H22N2O4/c1-13-9-14(2)11-16(10-13)22-21(24)20-17(15(3)27-23-20)12-26-19-8-6-5-7-18(19)25-4/h5-11H,12H2,1-4H3,(H,22,24). The van der Waals surface area contributed by atoms with Crippen LogP contribution in [0.15, 0.2) is 47.0 Å². The molecule has 0 atom stereocenters. The van der Waals surface area contributed by atoms with Crippen LogP contribution in [0.25, 0.3) is 0 Å². The van der Waals surface area contributed by atoms with Crippen LogP contribution >= 0.6 is 0 Å². The molecule has 3 rings (SSSR count). The van der Waals surface area contributed by atoms with E-state index in [2.05, 4.69) is 10.5 Å². The first kappa shape index (κ1) is 18.5. The second-order valence-electron chi connectivity index (χ2n) is 6.34. The van der Waals surface area contributed by atoms with E-state index in [1.165, 1.54) is 0 Å². The Morgan fingerprint density at radius 1 is 1.07 bits per heavy atom. The zero-order chi connectivity index (χ0) is 19.4. The Kier molecular flexibility index (Phi) is 5.45. The Morgan fingerprint density at radius 3 is 2.41 bits per heavy atom. The molecule has 0 aliphatic carbocycles. The minimum Gasteiger partial charge on any atom is -0.493 e. The lowest BCUT2D eigenvalue weighted by Crippen LogP contribution is -2.15. The van der Waals surface area contributed by atoms with E-state index in [1.807, 2.05) is 50.2 Å². The van der Waals surface area contributed by atoms with Crippen LogP contribution in [0, 0.1) is 20.8 Å². The Morgan fingerprint density at radius 2 is 1.74 bits per heavy atom. The van der Waals surface area contributed by atoms with Crippen LogP contribution in [0.3, 0.4) is 0 Å². The molecule has 0 radical (unpaired) electrons. The summed E-state index contributed by atoms with van der Waals surface area (Å²) in [7, 11) is 1.58. The van der Waals surface area contributed by atoms with Gasteiger partial charge in [0, 0.05) is 5.69 Å². The van der Waals surface area contributed by atoms with Gasteiger partial charge < -0.3 is 19.3 Å². The van der Waals surface area contributed by atoms with Gasteiger partial charge in [-0.3, -0.25) is 4.79 Å². The van der Waals surface area contributed by atoms with E-state index in [0.717, 1.165) is 16.8 Å². The van der Waals surface area contributed by atoms with E-state index in [9.17, 15) is 4.79 Å². The van der Waals surface area contributed by atoms with Crippen LogP contribution in [0.4, 0.5) is 5.69 Å². The number of rotatable bonds is 6. The monoisotopic (exact) mass is 366 g/mol. The lowest BCUT2D eigenvalue weighted by Gasteiger charge is -2.11. The minimum atomic E-state index is -0.338. The summed E-state index contributed by atoms with van der Waals surface area (Å²) < 4.78 is 16.3. The molecular weight excluding hydrogens is 344 g/mol. The largest absolute Gasteiger partial charge is 0.493 e. The molecule has 0 aliphatic rings. The number of ether oxygens (including phenoxy) is 2. The van der Waals surface area contributed by atoms with Crippen LogP contribution in [0.1, 0.15) is 32.9 Å². The Labute approximate surface area is 158 Å². The van der Waals surface area contributed by atoms with Gasteiger partial charge in [0.05, 0.1) is 12.7 Å². The number of carbonyl (C=O) groups is 1. The topological polar surface area (TPSA) is 73.6 Å². The highest BCUT2D eigenvalue weighted by atomic mass is 16.5. The maximum absolute atomic E-state index is 12.7. The molecule has 6 heteroatoms. The molecule has 0 bridgehead atoms. The number of carbonyl (C=O) groups excluding carboxylic acids is 1. The summed E-state index contributed by atoms with van der Waals surface area (Å²) in [5.74, 6) is 1.40. The second-order valence-corrected chi connectivity index (χ2v) is 6.34. The molecule has 0 saturated heterocycles. The van der Waals surface area contributed by atoms with Crippen molar-refractivity contribution >= 4 is 11.6 Å². The SMILES string of the molecule is COc1ccccc1OCc1c(C(=O)Nc2cc(C)cc(C)c2)noc1C. The van der Waals surface area contributed by atoms with Gasteiger partial charge in [-0.1, -0.05) is 23.4 Å². The molecular formula is C21H22N2O4. The summed E-state index contributed by atoms with van der Waals surface area (Å²) in [5.41, 5.74) is 3.67.